The highest BCUT2D eigenvalue weighted by atomic mass is 16.6. The summed E-state index contributed by atoms with van der Waals surface area (Å²) in [6.45, 7) is 11.5. The Kier molecular flexibility index (Phi) is 19.6. The van der Waals surface area contributed by atoms with Gasteiger partial charge in [0.15, 0.2) is 0 Å². The van der Waals surface area contributed by atoms with Gasteiger partial charge in [-0.3, -0.25) is 4.79 Å². The number of aliphatic hydroxyl groups is 1. The van der Waals surface area contributed by atoms with E-state index in [0.29, 0.717) is 6.29 Å². The molecule has 0 bridgehead atoms. The fourth-order valence-corrected chi connectivity index (χ4v) is 1.55. The summed E-state index contributed by atoms with van der Waals surface area (Å²) in [5.74, 6) is -0.507. The molecule has 10 nitrogen and oxygen atoms in total. The van der Waals surface area contributed by atoms with Crippen LogP contribution in [-0.4, -0.2) is 68.3 Å². The van der Waals surface area contributed by atoms with Crippen molar-refractivity contribution < 1.29 is 29.0 Å². The van der Waals surface area contributed by atoms with Gasteiger partial charge in [0.25, 0.3) is 0 Å². The summed E-state index contributed by atoms with van der Waals surface area (Å²) < 4.78 is 5.07. The van der Waals surface area contributed by atoms with E-state index in [1.165, 1.54) is 0 Å². The van der Waals surface area contributed by atoms with Crippen molar-refractivity contribution in [3.63, 3.8) is 0 Å². The van der Waals surface area contributed by atoms with Crippen LogP contribution in [0.3, 0.4) is 0 Å². The van der Waals surface area contributed by atoms with E-state index in [-0.39, 0.29) is 18.5 Å². The SMILES string of the molecule is CC(C)C(NC(=O)OC(C)(C)C)C(=O)NCC=O.CCCNC(=O)NC.CO. The number of carbonyl (C=O) groups excluding carboxylic acids is 4. The first-order valence-electron chi connectivity index (χ1n) is 9.09. The Morgan fingerprint density at radius 3 is 2.00 bits per heavy atom. The molecule has 10 heteroatoms. The quantitative estimate of drug-likeness (QED) is 0.395. The van der Waals surface area contributed by atoms with Crippen molar-refractivity contribution in [2.24, 2.45) is 5.92 Å². The second kappa shape index (κ2) is 18.0. The Labute approximate surface area is 168 Å². The number of alkyl carbamates (subject to hydrolysis) is 1. The number of nitrogens with one attached hydrogen (secondary N) is 4. The molecule has 0 aliphatic carbocycles. The first-order chi connectivity index (χ1) is 13.0. The van der Waals surface area contributed by atoms with Gasteiger partial charge in [-0.05, 0) is 33.1 Å². The minimum atomic E-state index is -0.722. The zero-order valence-corrected chi connectivity index (χ0v) is 18.3. The Balaban J connectivity index is -0.000000522. The monoisotopic (exact) mass is 406 g/mol. The zero-order valence-electron chi connectivity index (χ0n) is 18.3. The van der Waals surface area contributed by atoms with Gasteiger partial charge in [0.2, 0.25) is 5.91 Å². The molecule has 0 aromatic carbocycles. The lowest BCUT2D eigenvalue weighted by molar-refractivity contribution is -0.125. The minimum absolute atomic E-state index is 0.0714. The first kappa shape index (κ1) is 30.4. The molecule has 0 rings (SSSR count). The van der Waals surface area contributed by atoms with Crippen molar-refractivity contribution in [3.05, 3.63) is 0 Å². The van der Waals surface area contributed by atoms with Crippen LogP contribution < -0.4 is 21.3 Å². The summed E-state index contributed by atoms with van der Waals surface area (Å²) in [4.78, 5) is 43.8. The summed E-state index contributed by atoms with van der Waals surface area (Å²) in [6.07, 6.45) is 0.915. The number of rotatable bonds is 7. The van der Waals surface area contributed by atoms with Gasteiger partial charge in [-0.1, -0.05) is 20.8 Å². The van der Waals surface area contributed by atoms with Crippen LogP contribution in [-0.2, 0) is 14.3 Å². The molecule has 1 atom stereocenters. The van der Waals surface area contributed by atoms with Crippen LogP contribution in [0.25, 0.3) is 0 Å². The number of hydrogen-bond acceptors (Lipinski definition) is 6. The van der Waals surface area contributed by atoms with Crippen LogP contribution in [0.2, 0.25) is 0 Å². The van der Waals surface area contributed by atoms with Crippen LogP contribution in [0.5, 0.6) is 0 Å². The lowest BCUT2D eigenvalue weighted by Crippen LogP contribution is -2.51. The standard InChI is InChI=1S/C12H22N2O4.C5H12N2O.CH4O/c1-8(2)9(10(16)13-6-7-15)14-11(17)18-12(3,4)5;1-3-4-7-5(8)6-2;1-2/h7-9H,6H2,1-5H3,(H,13,16)(H,14,17);3-4H2,1-2H3,(H2,6,7,8);2H,1H3. The van der Waals surface area contributed by atoms with Gasteiger partial charge in [-0.2, -0.15) is 0 Å². The number of ether oxygens (including phenoxy) is 1. The van der Waals surface area contributed by atoms with Gasteiger partial charge in [0, 0.05) is 20.7 Å². The fraction of sp³-hybridized carbons (Fsp3) is 0.778. The largest absolute Gasteiger partial charge is 0.444 e. The molecule has 5 N–H and O–H groups in total. The number of aldehydes is 1. The maximum absolute atomic E-state index is 11.7. The van der Waals surface area contributed by atoms with E-state index in [2.05, 4.69) is 21.3 Å². The molecule has 0 aromatic rings. The van der Waals surface area contributed by atoms with Gasteiger partial charge in [-0.15, -0.1) is 0 Å². The maximum atomic E-state index is 11.7. The van der Waals surface area contributed by atoms with Crippen molar-refractivity contribution >= 4 is 24.3 Å². The summed E-state index contributed by atoms with van der Waals surface area (Å²) in [5, 5.41) is 17.0. The zero-order chi connectivity index (χ0) is 22.8. The molecule has 0 heterocycles. The minimum Gasteiger partial charge on any atom is -0.444 e. The number of hydrogen-bond donors (Lipinski definition) is 5. The molecule has 0 aliphatic rings. The van der Waals surface area contributed by atoms with Crippen molar-refractivity contribution in [3.8, 4) is 0 Å². The third kappa shape index (κ3) is 20.0. The van der Waals surface area contributed by atoms with Crippen molar-refractivity contribution in [1.82, 2.24) is 21.3 Å². The fourth-order valence-electron chi connectivity index (χ4n) is 1.55. The predicted molar refractivity (Wildman–Crippen MR) is 108 cm³/mol. The topological polar surface area (TPSA) is 146 Å². The second-order valence-corrected chi connectivity index (χ2v) is 6.79. The molecule has 0 fully saturated rings. The maximum Gasteiger partial charge on any atom is 0.408 e. The van der Waals surface area contributed by atoms with Gasteiger partial charge in [0.1, 0.15) is 17.9 Å². The van der Waals surface area contributed by atoms with Gasteiger partial charge in [0.05, 0.1) is 6.54 Å². The van der Waals surface area contributed by atoms with Crippen molar-refractivity contribution in [1.29, 1.82) is 0 Å². The molecule has 0 saturated heterocycles. The lowest BCUT2D eigenvalue weighted by atomic mass is 10.0. The Morgan fingerprint density at radius 2 is 1.64 bits per heavy atom. The molecule has 0 aromatic heterocycles. The van der Waals surface area contributed by atoms with Gasteiger partial charge in [-0.25, -0.2) is 9.59 Å². The van der Waals surface area contributed by atoms with E-state index in [4.69, 9.17) is 9.84 Å². The highest BCUT2D eigenvalue weighted by Crippen LogP contribution is 2.08. The van der Waals surface area contributed by atoms with E-state index in [0.717, 1.165) is 20.1 Å². The molecule has 4 amide bonds. The number of amides is 4. The molecule has 0 aliphatic heterocycles. The van der Waals surface area contributed by atoms with Crippen LogP contribution in [0.4, 0.5) is 9.59 Å². The number of aliphatic hydroxyl groups excluding tert-OH is 1. The van der Waals surface area contributed by atoms with Crippen LogP contribution in [0.15, 0.2) is 0 Å². The van der Waals surface area contributed by atoms with E-state index in [1.807, 2.05) is 6.92 Å². The second-order valence-electron chi connectivity index (χ2n) is 6.79. The van der Waals surface area contributed by atoms with Crippen molar-refractivity contribution in [2.75, 3.05) is 27.2 Å². The molecular weight excluding hydrogens is 368 g/mol. The first-order valence-corrected chi connectivity index (χ1v) is 9.09. The number of urea groups is 1. The van der Waals surface area contributed by atoms with Gasteiger partial charge < -0.3 is 35.9 Å². The molecule has 0 spiro atoms. The van der Waals surface area contributed by atoms with E-state index >= 15 is 0 Å². The van der Waals surface area contributed by atoms with Crippen LogP contribution in [0.1, 0.15) is 48.0 Å². The van der Waals surface area contributed by atoms with E-state index in [1.54, 1.807) is 41.7 Å². The summed E-state index contributed by atoms with van der Waals surface area (Å²) in [7, 11) is 2.60. The van der Waals surface area contributed by atoms with Crippen LogP contribution in [0, 0.1) is 5.92 Å². The normalized spacial score (nSPS) is 10.8. The predicted octanol–water partition coefficient (Wildman–Crippen LogP) is 0.785. The smallest absolute Gasteiger partial charge is 0.408 e. The number of carbonyl (C=O) groups is 4. The molecule has 166 valence electrons. The molecular formula is C18H38N4O6. The highest BCUT2D eigenvalue weighted by Gasteiger charge is 2.26. The molecule has 0 saturated carbocycles. The van der Waals surface area contributed by atoms with Crippen molar-refractivity contribution in [2.45, 2.75) is 59.6 Å². The molecule has 1 unspecified atom stereocenters. The Hall–Kier alpha value is -2.36. The summed E-state index contributed by atoms with van der Waals surface area (Å²) >= 11 is 0. The molecule has 0 radical (unpaired) electrons. The highest BCUT2D eigenvalue weighted by molar-refractivity contribution is 5.87. The van der Waals surface area contributed by atoms with E-state index < -0.39 is 23.6 Å². The third-order valence-corrected chi connectivity index (χ3v) is 2.74. The average molecular weight is 407 g/mol. The summed E-state index contributed by atoms with van der Waals surface area (Å²) in [5.41, 5.74) is -0.620. The van der Waals surface area contributed by atoms with Crippen LogP contribution >= 0.6 is 0 Å². The third-order valence-electron chi connectivity index (χ3n) is 2.74. The molecule has 28 heavy (non-hydrogen) atoms. The lowest BCUT2D eigenvalue weighted by Gasteiger charge is -2.24. The Morgan fingerprint density at radius 1 is 1.11 bits per heavy atom. The van der Waals surface area contributed by atoms with Gasteiger partial charge >= 0.3 is 12.1 Å². The Bertz CT molecular complexity index is 450. The van der Waals surface area contributed by atoms with E-state index in [9.17, 15) is 19.2 Å². The summed E-state index contributed by atoms with van der Waals surface area (Å²) in [6, 6.07) is -0.827. The average Bonchev–Trinajstić information content (AvgIpc) is 2.62.